The zero-order chi connectivity index (χ0) is 36.6. The highest BCUT2D eigenvalue weighted by molar-refractivity contribution is 5.67. The van der Waals surface area contributed by atoms with Crippen LogP contribution in [0.5, 0.6) is 0 Å². The van der Waals surface area contributed by atoms with E-state index in [4.69, 9.17) is 4.74 Å². The van der Waals surface area contributed by atoms with Crippen molar-refractivity contribution in [3.05, 3.63) is 48.6 Å². The van der Waals surface area contributed by atoms with Crippen molar-refractivity contribution in [3.63, 3.8) is 0 Å². The minimum absolute atomic E-state index is 0.0615. The number of allylic oxidation sites excluding steroid dienone is 8. The lowest BCUT2D eigenvalue weighted by molar-refractivity contribution is 0.0513. The summed E-state index contributed by atoms with van der Waals surface area (Å²) >= 11 is 0. The van der Waals surface area contributed by atoms with E-state index in [0.29, 0.717) is 0 Å². The Morgan fingerprint density at radius 3 is 1.40 bits per heavy atom. The van der Waals surface area contributed by atoms with E-state index < -0.39 is 0 Å². The maximum atomic E-state index is 13.5. The Hall–Kier alpha value is -1.81. The van der Waals surface area contributed by atoms with Gasteiger partial charge in [0.05, 0.1) is 0 Å². The van der Waals surface area contributed by atoms with Crippen LogP contribution >= 0.6 is 0 Å². The highest BCUT2D eigenvalue weighted by Crippen LogP contribution is 2.19. The lowest BCUT2D eigenvalue weighted by Crippen LogP contribution is -2.37. The van der Waals surface area contributed by atoms with Gasteiger partial charge in [0.1, 0.15) is 6.10 Å². The van der Waals surface area contributed by atoms with Gasteiger partial charge in [0.2, 0.25) is 0 Å². The van der Waals surface area contributed by atoms with Crippen LogP contribution in [0.15, 0.2) is 48.6 Å². The molecule has 0 bridgehead atoms. The smallest absolute Gasteiger partial charge is 0.410 e. The number of ether oxygens (including phenoxy) is 1. The van der Waals surface area contributed by atoms with E-state index >= 15 is 0 Å². The molecule has 0 saturated heterocycles. The molecule has 0 aromatic carbocycles. The molecule has 0 aliphatic heterocycles. The number of carbonyl (C=O) groups is 1. The van der Waals surface area contributed by atoms with Gasteiger partial charge in [0, 0.05) is 13.1 Å². The number of hydrogen-bond donors (Lipinski definition) is 0. The van der Waals surface area contributed by atoms with Crippen LogP contribution in [-0.4, -0.2) is 55.7 Å². The van der Waals surface area contributed by atoms with Crippen LogP contribution in [0, 0.1) is 0 Å². The van der Waals surface area contributed by atoms with E-state index in [-0.39, 0.29) is 12.2 Å². The third-order valence-electron chi connectivity index (χ3n) is 9.56. The van der Waals surface area contributed by atoms with Gasteiger partial charge in [-0.1, -0.05) is 153 Å². The Morgan fingerprint density at radius 2 is 0.900 bits per heavy atom. The van der Waals surface area contributed by atoms with Crippen LogP contribution in [0.2, 0.25) is 0 Å². The summed E-state index contributed by atoms with van der Waals surface area (Å²) in [7, 11) is 4.22. The zero-order valence-electron chi connectivity index (χ0n) is 34.3. The van der Waals surface area contributed by atoms with Crippen molar-refractivity contribution in [2.45, 2.75) is 207 Å². The molecule has 0 N–H and O–H groups in total. The molecule has 4 heteroatoms. The number of hydrogen-bond acceptors (Lipinski definition) is 3. The minimum atomic E-state index is -0.0664. The van der Waals surface area contributed by atoms with Crippen molar-refractivity contribution in [2.75, 3.05) is 33.7 Å². The number of carbonyl (C=O) groups excluding carboxylic acids is 1. The van der Waals surface area contributed by atoms with Gasteiger partial charge in [-0.05, 0) is 117 Å². The molecule has 0 fully saturated rings. The molecule has 1 unspecified atom stereocenters. The first-order chi connectivity index (χ1) is 24.5. The first-order valence-electron chi connectivity index (χ1n) is 21.7. The Labute approximate surface area is 313 Å². The normalized spacial score (nSPS) is 12.8. The fourth-order valence-corrected chi connectivity index (χ4v) is 6.34. The number of amides is 1. The Balaban J connectivity index is 4.60. The van der Waals surface area contributed by atoms with Gasteiger partial charge >= 0.3 is 6.09 Å². The lowest BCUT2D eigenvalue weighted by Gasteiger charge is -2.26. The minimum Gasteiger partial charge on any atom is -0.446 e. The monoisotopic (exact) mass is 699 g/mol. The van der Waals surface area contributed by atoms with Gasteiger partial charge in [-0.25, -0.2) is 4.79 Å². The summed E-state index contributed by atoms with van der Waals surface area (Å²) in [5.74, 6) is 0. The molecule has 292 valence electrons. The van der Waals surface area contributed by atoms with Gasteiger partial charge in [-0.15, -0.1) is 0 Å². The summed E-state index contributed by atoms with van der Waals surface area (Å²) < 4.78 is 6.31. The van der Waals surface area contributed by atoms with E-state index in [1.165, 1.54) is 128 Å². The topological polar surface area (TPSA) is 32.8 Å². The molecule has 50 heavy (non-hydrogen) atoms. The summed E-state index contributed by atoms with van der Waals surface area (Å²) in [6.45, 7) is 9.32. The third-order valence-corrected chi connectivity index (χ3v) is 9.56. The largest absolute Gasteiger partial charge is 0.446 e. The van der Waals surface area contributed by atoms with Crippen LogP contribution in [0.3, 0.4) is 0 Å². The highest BCUT2D eigenvalue weighted by Gasteiger charge is 2.20. The molecule has 1 amide bonds. The van der Waals surface area contributed by atoms with Crippen molar-refractivity contribution in [2.24, 2.45) is 0 Å². The first kappa shape index (κ1) is 48.2. The predicted octanol–water partition coefficient (Wildman–Crippen LogP) is 14.6. The molecule has 0 aliphatic carbocycles. The van der Waals surface area contributed by atoms with Gasteiger partial charge in [0.15, 0.2) is 0 Å². The van der Waals surface area contributed by atoms with E-state index in [1.807, 2.05) is 4.90 Å². The van der Waals surface area contributed by atoms with Crippen molar-refractivity contribution in [1.29, 1.82) is 0 Å². The number of nitrogens with zero attached hydrogens (tertiary/aromatic N) is 2. The summed E-state index contributed by atoms with van der Waals surface area (Å²) in [5.41, 5.74) is 0. The summed E-state index contributed by atoms with van der Waals surface area (Å²) in [6, 6.07) is 0. The maximum absolute atomic E-state index is 13.5. The quantitative estimate of drug-likeness (QED) is 0.0478. The summed E-state index contributed by atoms with van der Waals surface area (Å²) in [4.78, 5) is 17.7. The second-order valence-corrected chi connectivity index (χ2v) is 14.9. The molecular weight excluding hydrogens is 613 g/mol. The SMILES string of the molecule is CCC=CCC=CCCCCCCCCCC(CCCCCCCC=CCC=CCCCCC)OC(=O)N(CCCCCC)CCCN(C)C. The van der Waals surface area contributed by atoms with E-state index in [2.05, 4.69) is 88.4 Å². The van der Waals surface area contributed by atoms with Crippen LogP contribution in [-0.2, 0) is 4.74 Å². The zero-order valence-corrected chi connectivity index (χ0v) is 34.3. The Bertz CT molecular complexity index is 815. The molecule has 0 aliphatic rings. The summed E-state index contributed by atoms with van der Waals surface area (Å²) in [5, 5.41) is 0. The molecule has 4 nitrogen and oxygen atoms in total. The predicted molar refractivity (Wildman–Crippen MR) is 223 cm³/mol. The van der Waals surface area contributed by atoms with Gasteiger partial charge < -0.3 is 14.5 Å². The molecule has 1 atom stereocenters. The van der Waals surface area contributed by atoms with Crippen LogP contribution < -0.4 is 0 Å². The Morgan fingerprint density at radius 1 is 0.480 bits per heavy atom. The maximum Gasteiger partial charge on any atom is 0.410 e. The second-order valence-electron chi connectivity index (χ2n) is 14.9. The molecular formula is C46H86N2O2. The molecule has 0 radical (unpaired) electrons. The van der Waals surface area contributed by atoms with E-state index in [9.17, 15) is 4.79 Å². The standard InChI is InChI=1S/C46H86N2O2/c1-6-9-12-15-17-19-21-23-25-27-29-31-33-35-37-41-45(40-36-34-32-30-28-26-24-22-20-18-16-13-10-7-2)50-46(49)48(43-38-14-11-8-3)44-39-42-47(4)5/h10,13,17-20,23,25,45H,6-9,11-12,14-16,21-22,24,26-44H2,1-5H3. The van der Waals surface area contributed by atoms with Crippen molar-refractivity contribution >= 4 is 6.09 Å². The summed E-state index contributed by atoms with van der Waals surface area (Å²) in [6.07, 6.45) is 52.5. The van der Waals surface area contributed by atoms with E-state index in [1.54, 1.807) is 0 Å². The average Bonchev–Trinajstić information content (AvgIpc) is 3.10. The van der Waals surface area contributed by atoms with Crippen molar-refractivity contribution in [3.8, 4) is 0 Å². The molecule has 0 saturated carbocycles. The number of rotatable bonds is 37. The first-order valence-corrected chi connectivity index (χ1v) is 21.7. The average molecular weight is 699 g/mol. The fraction of sp³-hybridized carbons (Fsp3) is 0.804. The van der Waals surface area contributed by atoms with Gasteiger partial charge in [0.25, 0.3) is 0 Å². The molecule has 0 rings (SSSR count). The van der Waals surface area contributed by atoms with Gasteiger partial charge in [-0.2, -0.15) is 0 Å². The van der Waals surface area contributed by atoms with Crippen LogP contribution in [0.25, 0.3) is 0 Å². The van der Waals surface area contributed by atoms with Gasteiger partial charge in [-0.3, -0.25) is 0 Å². The molecule has 0 aromatic heterocycles. The lowest BCUT2D eigenvalue weighted by atomic mass is 10.0. The van der Waals surface area contributed by atoms with Crippen molar-refractivity contribution in [1.82, 2.24) is 9.80 Å². The fourth-order valence-electron chi connectivity index (χ4n) is 6.34. The highest BCUT2D eigenvalue weighted by atomic mass is 16.6. The third kappa shape index (κ3) is 36.0. The Kier molecular flexibility index (Phi) is 38.5. The van der Waals surface area contributed by atoms with Crippen LogP contribution in [0.1, 0.15) is 201 Å². The van der Waals surface area contributed by atoms with Crippen molar-refractivity contribution < 1.29 is 9.53 Å². The number of unbranched alkanes of at least 4 members (excludes halogenated alkanes) is 18. The molecule has 0 heterocycles. The van der Waals surface area contributed by atoms with Crippen LogP contribution in [0.4, 0.5) is 4.79 Å². The van der Waals surface area contributed by atoms with E-state index in [0.717, 1.165) is 71.0 Å². The second kappa shape index (κ2) is 40.0. The molecule has 0 aromatic rings. The molecule has 0 spiro atoms.